The summed E-state index contributed by atoms with van der Waals surface area (Å²) in [6.45, 7) is 0.230. The van der Waals surface area contributed by atoms with E-state index in [1.807, 2.05) is 54.6 Å². The highest BCUT2D eigenvalue weighted by molar-refractivity contribution is 5.95. The van der Waals surface area contributed by atoms with E-state index in [0.29, 0.717) is 5.69 Å². The Morgan fingerprint density at radius 1 is 1.04 bits per heavy atom. The Bertz CT molecular complexity index is 965. The second-order valence-electron chi connectivity index (χ2n) is 6.20. The van der Waals surface area contributed by atoms with Gasteiger partial charge in [0.2, 0.25) is 5.76 Å². The van der Waals surface area contributed by atoms with Crippen molar-refractivity contribution in [3.8, 4) is 11.3 Å². The molecule has 1 atom stereocenters. The van der Waals surface area contributed by atoms with E-state index < -0.39 is 17.9 Å². The number of nitrogens with zero attached hydrogens (tertiary/aromatic N) is 2. The number of hydrogen-bond donors (Lipinski definition) is 1. The quantitative estimate of drug-likeness (QED) is 0.787. The van der Waals surface area contributed by atoms with Crippen molar-refractivity contribution in [2.24, 2.45) is 0 Å². The lowest BCUT2D eigenvalue weighted by molar-refractivity contribution is -0.142. The molecule has 2 heterocycles. The Kier molecular flexibility index (Phi) is 4.01. The van der Waals surface area contributed by atoms with E-state index in [9.17, 15) is 14.7 Å². The third-order valence-electron chi connectivity index (χ3n) is 4.58. The summed E-state index contributed by atoms with van der Waals surface area (Å²) in [6.07, 6.45) is 0.275. The van der Waals surface area contributed by atoms with Gasteiger partial charge in [-0.2, -0.15) is 0 Å². The summed E-state index contributed by atoms with van der Waals surface area (Å²) < 4.78 is 5.22. The van der Waals surface area contributed by atoms with Gasteiger partial charge in [-0.05, 0) is 11.1 Å². The van der Waals surface area contributed by atoms with Gasteiger partial charge in [-0.15, -0.1) is 0 Å². The summed E-state index contributed by atoms with van der Waals surface area (Å²) in [5, 5.41) is 13.5. The highest BCUT2D eigenvalue weighted by atomic mass is 16.5. The van der Waals surface area contributed by atoms with E-state index in [-0.39, 0.29) is 18.7 Å². The van der Waals surface area contributed by atoms with Gasteiger partial charge < -0.3 is 14.5 Å². The number of carbonyl (C=O) groups is 2. The fraction of sp³-hybridized carbons (Fsp3) is 0.150. The maximum absolute atomic E-state index is 12.9. The van der Waals surface area contributed by atoms with E-state index in [1.54, 1.807) is 6.07 Å². The number of carboxylic acid groups (broad SMARTS) is 1. The van der Waals surface area contributed by atoms with Crippen LogP contribution < -0.4 is 0 Å². The minimum atomic E-state index is -1.03. The van der Waals surface area contributed by atoms with Crippen molar-refractivity contribution >= 4 is 11.9 Å². The zero-order valence-electron chi connectivity index (χ0n) is 13.8. The molecule has 1 aliphatic heterocycles. The van der Waals surface area contributed by atoms with Crippen molar-refractivity contribution in [1.82, 2.24) is 10.1 Å². The average Bonchev–Trinajstić information content (AvgIpc) is 3.17. The van der Waals surface area contributed by atoms with Crippen LogP contribution in [0.2, 0.25) is 0 Å². The van der Waals surface area contributed by atoms with Gasteiger partial charge in [0, 0.05) is 24.6 Å². The molecule has 0 saturated carbocycles. The first-order valence-corrected chi connectivity index (χ1v) is 8.26. The summed E-state index contributed by atoms with van der Waals surface area (Å²) in [7, 11) is 0. The molecular weight excluding hydrogens is 332 g/mol. The molecule has 3 aromatic rings. The van der Waals surface area contributed by atoms with Gasteiger partial charge in [-0.3, -0.25) is 4.79 Å². The normalized spacial score (nSPS) is 16.2. The first kappa shape index (κ1) is 16.1. The highest BCUT2D eigenvalue weighted by Crippen LogP contribution is 2.26. The molecule has 6 nitrogen and oxygen atoms in total. The van der Waals surface area contributed by atoms with Gasteiger partial charge in [0.1, 0.15) is 11.7 Å². The number of benzene rings is 2. The summed E-state index contributed by atoms with van der Waals surface area (Å²) in [5.74, 6) is -1.47. The first-order chi connectivity index (χ1) is 12.6. The van der Waals surface area contributed by atoms with Crippen molar-refractivity contribution in [2.75, 3.05) is 0 Å². The largest absolute Gasteiger partial charge is 0.480 e. The molecular formula is C20H16N2O4. The van der Waals surface area contributed by atoms with E-state index >= 15 is 0 Å². The number of carboxylic acids is 1. The number of carbonyl (C=O) groups excluding carboxylic acids is 1. The molecule has 26 heavy (non-hydrogen) atoms. The lowest BCUT2D eigenvalue weighted by atomic mass is 9.93. The summed E-state index contributed by atoms with van der Waals surface area (Å²) in [5.41, 5.74) is 3.26. The third-order valence-corrected chi connectivity index (χ3v) is 4.58. The second-order valence-corrected chi connectivity index (χ2v) is 6.20. The van der Waals surface area contributed by atoms with Crippen LogP contribution in [0.15, 0.2) is 65.2 Å². The van der Waals surface area contributed by atoms with Crippen molar-refractivity contribution in [1.29, 1.82) is 0 Å². The van der Waals surface area contributed by atoms with Crippen LogP contribution >= 0.6 is 0 Å². The van der Waals surface area contributed by atoms with Crippen LogP contribution in [0, 0.1) is 0 Å². The molecule has 0 aliphatic carbocycles. The monoisotopic (exact) mass is 348 g/mol. The Labute approximate surface area is 149 Å². The fourth-order valence-corrected chi connectivity index (χ4v) is 3.22. The summed E-state index contributed by atoms with van der Waals surface area (Å²) in [6, 6.07) is 17.5. The summed E-state index contributed by atoms with van der Waals surface area (Å²) >= 11 is 0. The van der Waals surface area contributed by atoms with Gasteiger partial charge in [-0.25, -0.2) is 4.79 Å². The molecule has 2 aromatic carbocycles. The van der Waals surface area contributed by atoms with Crippen molar-refractivity contribution < 1.29 is 19.2 Å². The van der Waals surface area contributed by atoms with Crippen LogP contribution in [0.4, 0.5) is 0 Å². The molecule has 0 unspecified atom stereocenters. The fourth-order valence-electron chi connectivity index (χ4n) is 3.22. The topological polar surface area (TPSA) is 83.6 Å². The molecule has 130 valence electrons. The minimum absolute atomic E-state index is 0.0366. The van der Waals surface area contributed by atoms with Crippen LogP contribution in [0.1, 0.15) is 21.7 Å². The van der Waals surface area contributed by atoms with E-state index in [1.165, 1.54) is 4.90 Å². The Morgan fingerprint density at radius 3 is 2.46 bits per heavy atom. The Balaban J connectivity index is 1.65. The molecule has 0 saturated heterocycles. The van der Waals surface area contributed by atoms with Crippen LogP contribution in [-0.4, -0.2) is 33.1 Å². The second kappa shape index (κ2) is 6.48. The lowest BCUT2D eigenvalue weighted by Gasteiger charge is -2.33. The molecule has 0 fully saturated rings. The number of aromatic nitrogens is 1. The molecule has 6 heteroatoms. The van der Waals surface area contributed by atoms with Crippen molar-refractivity contribution in [3.05, 3.63) is 77.6 Å². The molecule has 0 spiro atoms. The highest BCUT2D eigenvalue weighted by Gasteiger charge is 2.36. The van der Waals surface area contributed by atoms with Crippen LogP contribution in [-0.2, 0) is 17.8 Å². The Morgan fingerprint density at radius 2 is 1.73 bits per heavy atom. The molecule has 1 aromatic heterocycles. The maximum atomic E-state index is 12.9. The minimum Gasteiger partial charge on any atom is -0.480 e. The van der Waals surface area contributed by atoms with Crippen LogP contribution in [0.25, 0.3) is 11.3 Å². The Hall–Kier alpha value is -3.41. The SMILES string of the molecule is O=C(O)[C@@H]1Cc2ccccc2CN1C(=O)c1cc(-c2ccccc2)no1. The van der Waals surface area contributed by atoms with Crippen molar-refractivity contribution in [3.63, 3.8) is 0 Å². The van der Waals surface area contributed by atoms with Crippen molar-refractivity contribution in [2.45, 2.75) is 19.0 Å². The van der Waals surface area contributed by atoms with Crippen LogP contribution in [0.3, 0.4) is 0 Å². The standard InChI is InChI=1S/C20H16N2O4/c23-19(18-11-16(21-26-18)13-6-2-1-3-7-13)22-12-15-9-5-4-8-14(15)10-17(22)20(24)25/h1-9,11,17H,10,12H2,(H,24,25)/t17-/m0/s1. The molecule has 0 radical (unpaired) electrons. The lowest BCUT2D eigenvalue weighted by Crippen LogP contribution is -2.48. The molecule has 1 amide bonds. The molecule has 4 rings (SSSR count). The smallest absolute Gasteiger partial charge is 0.326 e. The maximum Gasteiger partial charge on any atom is 0.326 e. The zero-order chi connectivity index (χ0) is 18.1. The van der Waals surface area contributed by atoms with E-state index in [2.05, 4.69) is 5.16 Å². The van der Waals surface area contributed by atoms with Gasteiger partial charge >= 0.3 is 5.97 Å². The predicted molar refractivity (Wildman–Crippen MR) is 93.4 cm³/mol. The van der Waals surface area contributed by atoms with Gasteiger partial charge in [0.05, 0.1) is 0 Å². The number of aliphatic carboxylic acids is 1. The van der Waals surface area contributed by atoms with Gasteiger partial charge in [0.25, 0.3) is 5.91 Å². The number of rotatable bonds is 3. The number of amides is 1. The molecule has 0 bridgehead atoms. The van der Waals surface area contributed by atoms with Gasteiger partial charge in [-0.1, -0.05) is 59.8 Å². The molecule has 1 N–H and O–H groups in total. The zero-order valence-corrected chi connectivity index (χ0v) is 13.8. The first-order valence-electron chi connectivity index (χ1n) is 8.26. The molecule has 1 aliphatic rings. The summed E-state index contributed by atoms with van der Waals surface area (Å²) in [4.78, 5) is 25.9. The van der Waals surface area contributed by atoms with Gasteiger partial charge in [0.15, 0.2) is 0 Å². The van der Waals surface area contributed by atoms with E-state index in [0.717, 1.165) is 16.7 Å². The third kappa shape index (κ3) is 2.86. The van der Waals surface area contributed by atoms with E-state index in [4.69, 9.17) is 4.52 Å². The number of hydrogen-bond acceptors (Lipinski definition) is 4. The number of fused-ring (bicyclic) bond motifs is 1. The predicted octanol–water partition coefficient (Wildman–Crippen LogP) is 2.99. The average molecular weight is 348 g/mol. The van der Waals surface area contributed by atoms with Crippen LogP contribution in [0.5, 0.6) is 0 Å².